The number of ether oxygens (including phenoxy) is 1. The first-order chi connectivity index (χ1) is 19.1. The molecule has 2 N–H and O–H groups in total. The van der Waals surface area contributed by atoms with Crippen molar-refractivity contribution in [3.05, 3.63) is 90.6 Å². The highest BCUT2D eigenvalue weighted by Gasteiger charge is 2.18. The first-order valence-corrected chi connectivity index (χ1v) is 15.2. The summed E-state index contributed by atoms with van der Waals surface area (Å²) >= 11 is 1.64. The molecule has 1 rings (SSSR count). The average molecular weight is 554 g/mol. The van der Waals surface area contributed by atoms with Crippen LogP contribution in [0.25, 0.3) is 0 Å². The highest BCUT2D eigenvalue weighted by molar-refractivity contribution is 8.00. The quantitative estimate of drug-likeness (QED) is 0.0914. The number of rotatable bonds is 21. The van der Waals surface area contributed by atoms with Crippen LogP contribution in [0.15, 0.2) is 85.0 Å². The van der Waals surface area contributed by atoms with Gasteiger partial charge in [-0.15, -0.1) is 11.8 Å². The van der Waals surface area contributed by atoms with Gasteiger partial charge in [-0.2, -0.15) is 0 Å². The lowest BCUT2D eigenvalue weighted by molar-refractivity contribution is -0.142. The maximum atomic E-state index is 12.3. The van der Waals surface area contributed by atoms with Crippen LogP contribution >= 0.6 is 11.8 Å². The van der Waals surface area contributed by atoms with Gasteiger partial charge in [-0.3, -0.25) is 9.59 Å². The van der Waals surface area contributed by atoms with Gasteiger partial charge < -0.3 is 15.2 Å². The van der Waals surface area contributed by atoms with Gasteiger partial charge in [0.2, 0.25) is 0 Å². The van der Waals surface area contributed by atoms with E-state index in [-0.39, 0.29) is 35.7 Å². The Balaban J connectivity index is 2.05. The predicted molar refractivity (Wildman–Crippen MR) is 166 cm³/mol. The molecular formula is C33H47NO4S. The summed E-state index contributed by atoms with van der Waals surface area (Å²) in [6.07, 6.45) is 31.1. The minimum atomic E-state index is -0.391. The van der Waals surface area contributed by atoms with Gasteiger partial charge in [-0.1, -0.05) is 86.7 Å². The molecule has 5 nitrogen and oxygen atoms in total. The normalized spacial score (nSPS) is 12.9. The van der Waals surface area contributed by atoms with Crippen molar-refractivity contribution >= 4 is 23.6 Å². The average Bonchev–Trinajstić information content (AvgIpc) is 2.94. The molecule has 0 saturated carbocycles. The van der Waals surface area contributed by atoms with Gasteiger partial charge in [0.25, 0.3) is 5.91 Å². The van der Waals surface area contributed by atoms with E-state index < -0.39 is 5.91 Å². The number of carbonyl (C=O) groups excluding carboxylic acids is 2. The maximum absolute atomic E-state index is 12.3. The van der Waals surface area contributed by atoms with Gasteiger partial charge in [0.05, 0.1) is 12.1 Å². The fraction of sp³-hybridized carbons (Fsp3) is 0.455. The molecule has 0 aliphatic rings. The number of carbonyl (C=O) groups is 2. The lowest BCUT2D eigenvalue weighted by Crippen LogP contribution is -2.29. The molecule has 1 aromatic carbocycles. The number of phenolic OH excluding ortho intramolecular Hbond substituents is 1. The summed E-state index contributed by atoms with van der Waals surface area (Å²) in [7, 11) is 0. The van der Waals surface area contributed by atoms with E-state index in [2.05, 4.69) is 73.0 Å². The number of aromatic hydroxyl groups is 1. The third-order valence-corrected chi connectivity index (χ3v) is 7.11. The van der Waals surface area contributed by atoms with Crippen LogP contribution in [0.1, 0.15) is 82.0 Å². The van der Waals surface area contributed by atoms with Crippen LogP contribution in [0.2, 0.25) is 0 Å². The second-order valence-corrected chi connectivity index (χ2v) is 10.2. The summed E-state index contributed by atoms with van der Waals surface area (Å²) in [5.74, 6) is 0.216. The largest absolute Gasteiger partial charge is 0.507 e. The van der Waals surface area contributed by atoms with E-state index in [9.17, 15) is 14.7 Å². The van der Waals surface area contributed by atoms with Crippen LogP contribution in [0.4, 0.5) is 0 Å². The van der Waals surface area contributed by atoms with Crippen molar-refractivity contribution in [3.8, 4) is 5.75 Å². The van der Waals surface area contributed by atoms with Crippen LogP contribution in [0.5, 0.6) is 5.75 Å². The Morgan fingerprint density at radius 1 is 0.872 bits per heavy atom. The number of amides is 1. The minimum absolute atomic E-state index is 0.0733. The van der Waals surface area contributed by atoms with Crippen LogP contribution in [-0.4, -0.2) is 41.1 Å². The van der Waals surface area contributed by atoms with Crippen LogP contribution in [0, 0.1) is 0 Å². The Kier molecular flexibility index (Phi) is 21.0. The summed E-state index contributed by atoms with van der Waals surface area (Å²) in [4.78, 5) is 24.4. The van der Waals surface area contributed by atoms with E-state index >= 15 is 0 Å². The van der Waals surface area contributed by atoms with Crippen molar-refractivity contribution in [2.24, 2.45) is 0 Å². The Morgan fingerprint density at radius 2 is 1.46 bits per heavy atom. The third-order valence-electron chi connectivity index (χ3n) is 5.66. The number of nitrogens with one attached hydrogen (secondary N) is 1. The summed E-state index contributed by atoms with van der Waals surface area (Å²) in [6.45, 7) is 4.44. The number of unbranched alkanes of at least 4 members (excludes halogenated alkanes) is 2. The predicted octanol–water partition coefficient (Wildman–Crippen LogP) is 8.10. The van der Waals surface area contributed by atoms with Crippen molar-refractivity contribution in [1.82, 2.24) is 5.32 Å². The number of hydrogen-bond donors (Lipinski definition) is 2. The second kappa shape index (κ2) is 24.1. The molecule has 6 heteroatoms. The number of esters is 1. The molecule has 214 valence electrons. The van der Waals surface area contributed by atoms with Crippen molar-refractivity contribution < 1.29 is 19.4 Å². The van der Waals surface area contributed by atoms with Crippen molar-refractivity contribution in [3.63, 3.8) is 0 Å². The molecule has 0 spiro atoms. The standard InChI is InChI=1S/C33H47NO4S/c1-3-5-6-7-8-9-10-11-12-13-14-15-16-17-18-19-20-23-28-39-31(4-2)33(37)38-27-26-34-32(36)29-24-21-22-25-30(29)35/h5-6,8-9,11-12,14-15,17-18,21-22,24-25,31,35H,3-4,7,10,13,16,19-20,23,26-28H2,1-2H3,(H,34,36)/b6-5-,9-8-,12-11-,15-14-,18-17-/t31-/m1/s1. The van der Waals surface area contributed by atoms with Gasteiger partial charge >= 0.3 is 5.97 Å². The molecule has 1 amide bonds. The number of benzene rings is 1. The second-order valence-electron chi connectivity index (χ2n) is 8.91. The fourth-order valence-electron chi connectivity index (χ4n) is 3.48. The Bertz CT molecular complexity index is 949. The van der Waals surface area contributed by atoms with Crippen LogP contribution in [-0.2, 0) is 9.53 Å². The van der Waals surface area contributed by atoms with E-state index in [1.165, 1.54) is 6.07 Å². The molecule has 0 heterocycles. The van der Waals surface area contributed by atoms with Gasteiger partial charge in [-0.05, 0) is 75.7 Å². The van der Waals surface area contributed by atoms with E-state index in [0.717, 1.165) is 57.1 Å². The number of allylic oxidation sites excluding steroid dienone is 10. The molecule has 1 atom stereocenters. The van der Waals surface area contributed by atoms with Gasteiger partial charge in [0.15, 0.2) is 0 Å². The number of hydrogen-bond acceptors (Lipinski definition) is 5. The zero-order valence-electron chi connectivity index (χ0n) is 23.7. The smallest absolute Gasteiger partial charge is 0.319 e. The number of thioether (sulfide) groups is 1. The maximum Gasteiger partial charge on any atom is 0.319 e. The van der Waals surface area contributed by atoms with Crippen LogP contribution < -0.4 is 5.32 Å². The highest BCUT2D eigenvalue weighted by Crippen LogP contribution is 2.19. The molecule has 0 aromatic heterocycles. The van der Waals surface area contributed by atoms with Gasteiger partial charge in [0, 0.05) is 0 Å². The van der Waals surface area contributed by atoms with E-state index in [0.29, 0.717) is 6.42 Å². The zero-order valence-corrected chi connectivity index (χ0v) is 24.5. The fourth-order valence-corrected chi connectivity index (χ4v) is 4.58. The zero-order chi connectivity index (χ0) is 28.4. The topological polar surface area (TPSA) is 75.6 Å². The van der Waals surface area contributed by atoms with E-state index in [4.69, 9.17) is 4.74 Å². The van der Waals surface area contributed by atoms with Crippen molar-refractivity contribution in [2.45, 2.75) is 76.9 Å². The first-order valence-electron chi connectivity index (χ1n) is 14.2. The molecule has 1 aromatic rings. The van der Waals surface area contributed by atoms with Crippen molar-refractivity contribution in [1.29, 1.82) is 0 Å². The summed E-state index contributed by atoms with van der Waals surface area (Å²) in [6, 6.07) is 6.34. The molecular weight excluding hydrogens is 506 g/mol. The third kappa shape index (κ3) is 18.0. The number of para-hydroxylation sites is 1. The minimum Gasteiger partial charge on any atom is -0.507 e. The number of phenols is 1. The van der Waals surface area contributed by atoms with E-state index in [1.807, 2.05) is 6.92 Å². The lowest BCUT2D eigenvalue weighted by Gasteiger charge is -2.14. The van der Waals surface area contributed by atoms with Gasteiger partial charge in [-0.25, -0.2) is 0 Å². The Morgan fingerprint density at radius 3 is 2.05 bits per heavy atom. The molecule has 39 heavy (non-hydrogen) atoms. The molecule has 0 aliphatic carbocycles. The molecule has 0 saturated heterocycles. The van der Waals surface area contributed by atoms with E-state index in [1.54, 1.807) is 30.0 Å². The highest BCUT2D eigenvalue weighted by atomic mass is 32.2. The first kappa shape index (κ1) is 34.0. The van der Waals surface area contributed by atoms with Gasteiger partial charge in [0.1, 0.15) is 17.6 Å². The lowest BCUT2D eigenvalue weighted by atomic mass is 10.2. The monoisotopic (exact) mass is 553 g/mol. The Hall–Kier alpha value is -2.99. The van der Waals surface area contributed by atoms with Crippen molar-refractivity contribution in [2.75, 3.05) is 18.9 Å². The molecule has 0 radical (unpaired) electrons. The molecule has 0 unspecified atom stereocenters. The van der Waals surface area contributed by atoms with Crippen LogP contribution in [0.3, 0.4) is 0 Å². The summed E-state index contributed by atoms with van der Waals surface area (Å²) < 4.78 is 5.34. The molecule has 0 bridgehead atoms. The summed E-state index contributed by atoms with van der Waals surface area (Å²) in [5.41, 5.74) is 0.204. The SMILES string of the molecule is CC/C=C\C/C=C\C/C=C\C/C=C\C/C=C\CCCCS[C@H](CC)C(=O)OCCNC(=O)c1ccccc1O. The summed E-state index contributed by atoms with van der Waals surface area (Å²) in [5, 5.41) is 12.2. The molecule has 0 fully saturated rings. The Labute approximate surface area is 240 Å². The molecule has 0 aliphatic heterocycles.